The van der Waals surface area contributed by atoms with Crippen LogP contribution in [0.25, 0.3) is 4.85 Å². The van der Waals surface area contributed by atoms with E-state index in [1.54, 1.807) is 4.90 Å². The average molecular weight is 471 g/mol. The standard InChI is InChI=1S/C23H26FN5O5/c1-13(2)33-23(30)29-8-14-10-32-11-15(9-29)19(14)34-22-20(31-4)21(26-12-27-22)28-18-6-5-16(25-3)7-17(18)24/h5-7,12-15,19H,8-11H2,1-2,4H3,(H,26,27,28). The molecule has 1 aromatic carbocycles. The van der Waals surface area contributed by atoms with E-state index in [-0.39, 0.29) is 59.0 Å². The molecular formula is C23H26FN5O5. The van der Waals surface area contributed by atoms with Crippen LogP contribution in [0.5, 0.6) is 11.6 Å². The van der Waals surface area contributed by atoms with E-state index in [0.717, 1.165) is 6.07 Å². The van der Waals surface area contributed by atoms with Crippen molar-refractivity contribution in [3.63, 3.8) is 0 Å². The monoisotopic (exact) mass is 471 g/mol. The van der Waals surface area contributed by atoms with Crippen molar-refractivity contribution >= 4 is 23.3 Å². The van der Waals surface area contributed by atoms with Gasteiger partial charge in [0.15, 0.2) is 11.5 Å². The molecule has 2 aliphatic rings. The fourth-order valence-electron chi connectivity index (χ4n) is 4.16. The second-order valence-corrected chi connectivity index (χ2v) is 8.44. The Kier molecular flexibility index (Phi) is 6.98. The third kappa shape index (κ3) is 4.97. The summed E-state index contributed by atoms with van der Waals surface area (Å²) in [5, 5.41) is 2.88. The van der Waals surface area contributed by atoms with Crippen LogP contribution in [-0.2, 0) is 9.47 Å². The number of hydrogen-bond acceptors (Lipinski definition) is 8. The zero-order valence-electron chi connectivity index (χ0n) is 19.2. The lowest BCUT2D eigenvalue weighted by Gasteiger charge is -2.45. The van der Waals surface area contributed by atoms with E-state index >= 15 is 0 Å². The number of halogens is 1. The van der Waals surface area contributed by atoms with Gasteiger partial charge in [0.2, 0.25) is 5.75 Å². The first-order valence-corrected chi connectivity index (χ1v) is 10.9. The molecule has 2 aliphatic heterocycles. The number of piperidine rings is 1. The second-order valence-electron chi connectivity index (χ2n) is 8.44. The number of carbonyl (C=O) groups excluding carboxylic acids is 1. The lowest BCUT2D eigenvalue weighted by Crippen LogP contribution is -2.58. The van der Waals surface area contributed by atoms with Gasteiger partial charge in [0.25, 0.3) is 5.88 Å². The third-order valence-corrected chi connectivity index (χ3v) is 5.66. The van der Waals surface area contributed by atoms with Crippen LogP contribution < -0.4 is 14.8 Å². The van der Waals surface area contributed by atoms with E-state index in [0.29, 0.717) is 26.3 Å². The molecule has 1 aromatic heterocycles. The van der Waals surface area contributed by atoms with Crippen molar-refractivity contribution in [2.75, 3.05) is 38.7 Å². The molecule has 10 nitrogen and oxygen atoms in total. The summed E-state index contributed by atoms with van der Waals surface area (Å²) in [6, 6.07) is 4.10. The van der Waals surface area contributed by atoms with Crippen LogP contribution in [0.1, 0.15) is 13.8 Å². The number of ether oxygens (including phenoxy) is 4. The van der Waals surface area contributed by atoms with Crippen molar-refractivity contribution in [2.24, 2.45) is 11.8 Å². The van der Waals surface area contributed by atoms with Gasteiger partial charge in [-0.2, -0.15) is 4.98 Å². The van der Waals surface area contributed by atoms with Crippen LogP contribution in [0.2, 0.25) is 0 Å². The van der Waals surface area contributed by atoms with E-state index in [2.05, 4.69) is 20.1 Å². The molecule has 3 heterocycles. The molecule has 2 aromatic rings. The summed E-state index contributed by atoms with van der Waals surface area (Å²) in [5.74, 6) is -0.107. The summed E-state index contributed by atoms with van der Waals surface area (Å²) < 4.78 is 37.2. The number of nitrogens with zero attached hydrogens (tertiary/aromatic N) is 4. The maximum absolute atomic E-state index is 14.4. The average Bonchev–Trinajstić information content (AvgIpc) is 2.80. The Labute approximate surface area is 196 Å². The molecule has 2 atom stereocenters. The van der Waals surface area contributed by atoms with Crippen LogP contribution in [-0.4, -0.2) is 66.6 Å². The van der Waals surface area contributed by atoms with Crippen molar-refractivity contribution < 1.29 is 28.1 Å². The summed E-state index contributed by atoms with van der Waals surface area (Å²) in [5.41, 5.74) is 0.330. The quantitative estimate of drug-likeness (QED) is 0.636. The van der Waals surface area contributed by atoms with Crippen LogP contribution in [0.15, 0.2) is 24.5 Å². The minimum atomic E-state index is -0.594. The Morgan fingerprint density at radius 3 is 2.65 bits per heavy atom. The first-order valence-electron chi connectivity index (χ1n) is 10.9. The van der Waals surface area contributed by atoms with E-state index < -0.39 is 5.82 Å². The van der Waals surface area contributed by atoms with E-state index in [1.807, 2.05) is 13.8 Å². The fraction of sp³-hybridized carbons (Fsp3) is 0.478. The molecule has 2 fully saturated rings. The topological polar surface area (TPSA) is 99.4 Å². The highest BCUT2D eigenvalue weighted by atomic mass is 19.1. The van der Waals surface area contributed by atoms with Crippen molar-refractivity contribution in [3.8, 4) is 11.6 Å². The van der Waals surface area contributed by atoms with Crippen LogP contribution in [0, 0.1) is 24.2 Å². The molecule has 2 bridgehead atoms. The van der Waals surface area contributed by atoms with E-state index in [1.165, 1.54) is 25.6 Å². The predicted molar refractivity (Wildman–Crippen MR) is 120 cm³/mol. The Morgan fingerprint density at radius 1 is 1.29 bits per heavy atom. The number of amides is 1. The number of methoxy groups -OCH3 is 1. The highest BCUT2D eigenvalue weighted by Crippen LogP contribution is 2.38. The Balaban J connectivity index is 1.53. The molecule has 0 saturated carbocycles. The lowest BCUT2D eigenvalue weighted by atomic mass is 9.84. The second kappa shape index (κ2) is 10.1. The van der Waals surface area contributed by atoms with Gasteiger partial charge in [-0.3, -0.25) is 0 Å². The SMILES string of the molecule is [C-]#[N+]c1ccc(Nc2ncnc(OC3C4COCC3CN(C(=O)OC(C)C)C4)c2OC)c(F)c1. The lowest BCUT2D eigenvalue weighted by molar-refractivity contribution is -0.111. The molecule has 2 saturated heterocycles. The maximum atomic E-state index is 14.4. The molecule has 180 valence electrons. The Morgan fingerprint density at radius 2 is 2.03 bits per heavy atom. The molecule has 0 spiro atoms. The number of likely N-dealkylation sites (tertiary alicyclic amines) is 1. The largest absolute Gasteiger partial charge is 0.489 e. The number of hydrogen-bond donors (Lipinski definition) is 1. The zero-order chi connectivity index (χ0) is 24.2. The van der Waals surface area contributed by atoms with Gasteiger partial charge < -0.3 is 29.2 Å². The number of carbonyl (C=O) groups is 1. The molecule has 1 amide bonds. The highest BCUT2D eigenvalue weighted by molar-refractivity contribution is 5.68. The molecular weight excluding hydrogens is 445 g/mol. The molecule has 1 N–H and O–H groups in total. The predicted octanol–water partition coefficient (Wildman–Crippen LogP) is 3.79. The number of aromatic nitrogens is 2. The van der Waals surface area contributed by atoms with E-state index in [9.17, 15) is 9.18 Å². The summed E-state index contributed by atoms with van der Waals surface area (Å²) in [6.07, 6.45) is 0.495. The smallest absolute Gasteiger partial charge is 0.410 e. The number of rotatable bonds is 6. The van der Waals surface area contributed by atoms with Crippen LogP contribution in [0.3, 0.4) is 0 Å². The summed E-state index contributed by atoms with van der Waals surface area (Å²) in [6.45, 7) is 12.4. The van der Waals surface area contributed by atoms with Gasteiger partial charge in [-0.1, -0.05) is 6.07 Å². The van der Waals surface area contributed by atoms with Gasteiger partial charge >= 0.3 is 6.09 Å². The molecule has 4 rings (SSSR count). The maximum Gasteiger partial charge on any atom is 0.410 e. The minimum absolute atomic E-state index is 0.0816. The number of fused-ring (bicyclic) bond motifs is 2. The van der Waals surface area contributed by atoms with Crippen molar-refractivity contribution in [3.05, 3.63) is 41.8 Å². The van der Waals surface area contributed by atoms with Gasteiger partial charge in [0, 0.05) is 24.9 Å². The molecule has 0 radical (unpaired) electrons. The zero-order valence-corrected chi connectivity index (χ0v) is 19.2. The van der Waals surface area contributed by atoms with Gasteiger partial charge in [-0.25, -0.2) is 19.0 Å². The molecule has 2 unspecified atom stereocenters. The van der Waals surface area contributed by atoms with Gasteiger partial charge in [-0.05, 0) is 26.0 Å². The molecule has 11 heteroatoms. The summed E-state index contributed by atoms with van der Waals surface area (Å²) >= 11 is 0. The Hall–Kier alpha value is -3.65. The first-order chi connectivity index (χ1) is 16.4. The first kappa shape index (κ1) is 23.5. The fourth-order valence-corrected chi connectivity index (χ4v) is 4.16. The van der Waals surface area contributed by atoms with Gasteiger partial charge in [-0.15, -0.1) is 0 Å². The summed E-state index contributed by atoms with van der Waals surface area (Å²) in [4.78, 5) is 25.7. The van der Waals surface area contributed by atoms with Crippen LogP contribution >= 0.6 is 0 Å². The summed E-state index contributed by atoms with van der Waals surface area (Å²) in [7, 11) is 1.45. The van der Waals surface area contributed by atoms with Crippen molar-refractivity contribution in [1.82, 2.24) is 14.9 Å². The highest BCUT2D eigenvalue weighted by Gasteiger charge is 2.44. The number of nitrogens with one attached hydrogen (secondary N) is 1. The van der Waals surface area contributed by atoms with Gasteiger partial charge in [0.1, 0.15) is 18.2 Å². The number of benzene rings is 1. The normalized spacial score (nSPS) is 21.5. The van der Waals surface area contributed by atoms with E-state index in [4.69, 9.17) is 25.5 Å². The van der Waals surface area contributed by atoms with Crippen molar-refractivity contribution in [1.29, 1.82) is 0 Å². The third-order valence-electron chi connectivity index (χ3n) is 5.66. The molecule has 0 aliphatic carbocycles. The number of anilines is 2. The minimum Gasteiger partial charge on any atom is -0.489 e. The van der Waals surface area contributed by atoms with Gasteiger partial charge in [0.05, 0.1) is 38.7 Å². The van der Waals surface area contributed by atoms with Crippen molar-refractivity contribution in [2.45, 2.75) is 26.1 Å². The Bertz CT molecular complexity index is 1080. The van der Waals surface area contributed by atoms with Crippen LogP contribution in [0.4, 0.5) is 26.4 Å². The molecule has 34 heavy (non-hydrogen) atoms.